The Kier molecular flexibility index (Phi) is 4.63. The zero-order valence-electron chi connectivity index (χ0n) is 15.9. The van der Waals surface area contributed by atoms with E-state index in [9.17, 15) is 13.5 Å². The van der Waals surface area contributed by atoms with E-state index in [1.54, 1.807) is 4.31 Å². The van der Waals surface area contributed by atoms with Crippen molar-refractivity contribution >= 4 is 15.7 Å². The first-order chi connectivity index (χ1) is 13.4. The number of hydrogen-bond acceptors (Lipinski definition) is 3. The van der Waals surface area contributed by atoms with Gasteiger partial charge in [-0.2, -0.15) is 0 Å². The second-order valence-corrected chi connectivity index (χ2v) is 9.04. The van der Waals surface area contributed by atoms with Crippen molar-refractivity contribution in [3.63, 3.8) is 0 Å². The molecule has 4 nitrogen and oxygen atoms in total. The third-order valence-electron chi connectivity index (χ3n) is 5.54. The lowest BCUT2D eigenvalue weighted by atomic mass is 9.83. The third kappa shape index (κ3) is 2.87. The van der Waals surface area contributed by atoms with Crippen molar-refractivity contribution in [2.24, 2.45) is 5.92 Å². The maximum absolute atomic E-state index is 13.7. The molecule has 0 radical (unpaired) electrons. The summed E-state index contributed by atoms with van der Waals surface area (Å²) in [5, 5.41) is 9.59. The predicted molar refractivity (Wildman–Crippen MR) is 112 cm³/mol. The quantitative estimate of drug-likeness (QED) is 0.649. The number of para-hydroxylation sites is 1. The van der Waals surface area contributed by atoms with Crippen LogP contribution >= 0.6 is 0 Å². The molecular formula is C23H23NO3S. The van der Waals surface area contributed by atoms with Gasteiger partial charge < -0.3 is 5.11 Å². The largest absolute Gasteiger partial charge is 0.508 e. The number of benzene rings is 3. The van der Waals surface area contributed by atoms with Gasteiger partial charge in [0.05, 0.1) is 16.6 Å². The fourth-order valence-electron chi connectivity index (χ4n) is 3.94. The molecule has 0 saturated carbocycles. The van der Waals surface area contributed by atoms with Gasteiger partial charge >= 0.3 is 0 Å². The number of aromatic hydroxyl groups is 1. The Labute approximate surface area is 166 Å². The molecule has 0 aromatic heterocycles. The van der Waals surface area contributed by atoms with Crippen LogP contribution in [0, 0.1) is 5.92 Å². The van der Waals surface area contributed by atoms with Gasteiger partial charge in [-0.25, -0.2) is 8.42 Å². The number of sulfonamides is 1. The normalized spacial score (nSPS) is 16.9. The molecule has 5 heteroatoms. The minimum atomic E-state index is -3.82. The van der Waals surface area contributed by atoms with Gasteiger partial charge in [-0.1, -0.05) is 62.7 Å². The van der Waals surface area contributed by atoms with Gasteiger partial charge in [-0.3, -0.25) is 4.31 Å². The van der Waals surface area contributed by atoms with Crippen LogP contribution in [0.3, 0.4) is 0 Å². The zero-order chi connectivity index (χ0) is 19.9. The molecule has 0 unspecified atom stereocenters. The maximum Gasteiger partial charge on any atom is 0.264 e. The first-order valence-corrected chi connectivity index (χ1v) is 10.9. The standard InChI is InChI=1S/C23H23NO3S/c1-3-16(2)23-21-10-5-4-8-19(21)20-9-6-7-11-22(20)24(23)28(26,27)18-14-12-17(25)13-15-18/h4-16,23,25H,3H2,1-2H3/t16-,23+/m1/s1. The van der Waals surface area contributed by atoms with Crippen LogP contribution in [0.1, 0.15) is 31.9 Å². The topological polar surface area (TPSA) is 57.6 Å². The number of rotatable bonds is 4. The predicted octanol–water partition coefficient (Wildman–Crippen LogP) is 5.36. The Hall–Kier alpha value is -2.79. The van der Waals surface area contributed by atoms with Crippen LogP contribution in [0.5, 0.6) is 5.75 Å². The van der Waals surface area contributed by atoms with Crippen LogP contribution in [0.2, 0.25) is 0 Å². The van der Waals surface area contributed by atoms with E-state index in [1.807, 2.05) is 42.5 Å². The molecule has 0 bridgehead atoms. The molecule has 3 aromatic rings. The lowest BCUT2D eigenvalue weighted by molar-refractivity contribution is 0.449. The number of fused-ring (bicyclic) bond motifs is 3. The molecule has 1 N–H and O–H groups in total. The molecule has 0 amide bonds. The molecule has 1 heterocycles. The highest BCUT2D eigenvalue weighted by molar-refractivity contribution is 7.92. The fraction of sp³-hybridized carbons (Fsp3) is 0.217. The van der Waals surface area contributed by atoms with Crippen molar-refractivity contribution < 1.29 is 13.5 Å². The van der Waals surface area contributed by atoms with Crippen LogP contribution in [0.4, 0.5) is 5.69 Å². The van der Waals surface area contributed by atoms with Gasteiger partial charge in [0.1, 0.15) is 5.75 Å². The maximum atomic E-state index is 13.7. The number of phenols is 1. The highest BCUT2D eigenvalue weighted by Crippen LogP contribution is 2.50. The van der Waals surface area contributed by atoms with Crippen LogP contribution in [-0.4, -0.2) is 13.5 Å². The van der Waals surface area contributed by atoms with Crippen molar-refractivity contribution in [2.75, 3.05) is 4.31 Å². The van der Waals surface area contributed by atoms with Crippen LogP contribution in [0.25, 0.3) is 11.1 Å². The van der Waals surface area contributed by atoms with Gasteiger partial charge in [0.25, 0.3) is 10.0 Å². The Morgan fingerprint density at radius 2 is 1.54 bits per heavy atom. The molecule has 1 aliphatic rings. The summed E-state index contributed by atoms with van der Waals surface area (Å²) in [6.45, 7) is 4.17. The molecule has 0 aliphatic carbocycles. The highest BCUT2D eigenvalue weighted by atomic mass is 32.2. The number of hydrogen-bond donors (Lipinski definition) is 1. The summed E-state index contributed by atoms with van der Waals surface area (Å²) in [6.07, 6.45) is 0.850. The molecule has 1 aliphatic heterocycles. The summed E-state index contributed by atoms with van der Waals surface area (Å²) in [7, 11) is -3.82. The van der Waals surface area contributed by atoms with Crippen molar-refractivity contribution in [3.8, 4) is 16.9 Å². The summed E-state index contributed by atoms with van der Waals surface area (Å²) in [4.78, 5) is 0.174. The van der Waals surface area contributed by atoms with Gasteiger partial charge in [0, 0.05) is 5.56 Å². The van der Waals surface area contributed by atoms with E-state index < -0.39 is 10.0 Å². The lowest BCUT2D eigenvalue weighted by Gasteiger charge is -2.42. The molecule has 144 valence electrons. The molecule has 3 aromatic carbocycles. The van der Waals surface area contributed by atoms with Crippen LogP contribution < -0.4 is 4.31 Å². The molecule has 0 spiro atoms. The van der Waals surface area contributed by atoms with Crippen LogP contribution in [0.15, 0.2) is 77.7 Å². The van der Waals surface area contributed by atoms with Crippen molar-refractivity contribution in [3.05, 3.63) is 78.4 Å². The Balaban J connectivity index is 2.00. The molecule has 2 atom stereocenters. The Bertz CT molecular complexity index is 1110. The lowest BCUT2D eigenvalue weighted by Crippen LogP contribution is -2.40. The highest BCUT2D eigenvalue weighted by Gasteiger charge is 2.40. The second kappa shape index (κ2) is 6.99. The molecule has 4 rings (SSSR count). The summed E-state index contributed by atoms with van der Waals surface area (Å²) in [6, 6.07) is 21.2. The average Bonchev–Trinajstić information content (AvgIpc) is 2.72. The van der Waals surface area contributed by atoms with Gasteiger partial charge in [-0.15, -0.1) is 0 Å². The summed E-state index contributed by atoms with van der Waals surface area (Å²) < 4.78 is 29.1. The third-order valence-corrected chi connectivity index (χ3v) is 7.35. The molecular weight excluding hydrogens is 370 g/mol. The van der Waals surface area contributed by atoms with E-state index in [-0.39, 0.29) is 22.6 Å². The molecule has 0 saturated heterocycles. The van der Waals surface area contributed by atoms with E-state index in [1.165, 1.54) is 24.3 Å². The summed E-state index contributed by atoms with van der Waals surface area (Å²) in [5.74, 6) is 0.170. The van der Waals surface area contributed by atoms with E-state index in [0.29, 0.717) is 5.69 Å². The minimum Gasteiger partial charge on any atom is -0.508 e. The first-order valence-electron chi connectivity index (χ1n) is 9.47. The SMILES string of the molecule is CC[C@@H](C)[C@H]1c2ccccc2-c2ccccc2N1S(=O)(=O)c1ccc(O)cc1. The van der Waals surface area contributed by atoms with Crippen molar-refractivity contribution in [2.45, 2.75) is 31.2 Å². The molecule has 28 heavy (non-hydrogen) atoms. The van der Waals surface area contributed by atoms with E-state index in [4.69, 9.17) is 0 Å². The smallest absolute Gasteiger partial charge is 0.264 e. The molecule has 0 fully saturated rings. The van der Waals surface area contributed by atoms with Crippen LogP contribution in [-0.2, 0) is 10.0 Å². The Morgan fingerprint density at radius 3 is 2.21 bits per heavy atom. The van der Waals surface area contributed by atoms with Crippen molar-refractivity contribution in [1.82, 2.24) is 0 Å². The number of anilines is 1. The number of nitrogens with zero attached hydrogens (tertiary/aromatic N) is 1. The minimum absolute atomic E-state index is 0.0433. The Morgan fingerprint density at radius 1 is 0.929 bits per heavy atom. The van der Waals surface area contributed by atoms with Gasteiger partial charge in [0.15, 0.2) is 0 Å². The monoisotopic (exact) mass is 393 g/mol. The summed E-state index contributed by atoms with van der Waals surface area (Å²) in [5.41, 5.74) is 3.72. The van der Waals surface area contributed by atoms with E-state index in [0.717, 1.165) is 23.1 Å². The van der Waals surface area contributed by atoms with Crippen molar-refractivity contribution in [1.29, 1.82) is 0 Å². The van der Waals surface area contributed by atoms with E-state index >= 15 is 0 Å². The zero-order valence-corrected chi connectivity index (χ0v) is 16.7. The number of phenolic OH excluding ortho intramolecular Hbond substituents is 1. The average molecular weight is 394 g/mol. The first kappa shape index (κ1) is 18.6. The van der Waals surface area contributed by atoms with Gasteiger partial charge in [-0.05, 0) is 47.4 Å². The van der Waals surface area contributed by atoms with Gasteiger partial charge in [0.2, 0.25) is 0 Å². The summed E-state index contributed by atoms with van der Waals surface area (Å²) >= 11 is 0. The fourth-order valence-corrected chi connectivity index (χ4v) is 5.69. The second-order valence-electron chi connectivity index (χ2n) is 7.23. The van der Waals surface area contributed by atoms with E-state index in [2.05, 4.69) is 19.9 Å².